The Morgan fingerprint density at radius 1 is 0.632 bits per heavy atom. The molecular weight excluding hydrogens is 593 g/mol. The molecule has 1 rings (SSSR count). The fraction of sp³-hybridized carbons (Fsp3) is 0.562. The van der Waals surface area contributed by atoms with E-state index in [0.29, 0.717) is 12.1 Å². The first-order valence-electron chi connectivity index (χ1n) is 8.67. The molecule has 2 atom stereocenters. The average molecular weight is 601 g/mol. The summed E-state index contributed by atoms with van der Waals surface area (Å²) in [6.45, 7) is 0. The van der Waals surface area contributed by atoms with Gasteiger partial charge in [0.05, 0.1) is 7.11 Å². The second-order valence-electron chi connectivity index (χ2n) is 6.68. The van der Waals surface area contributed by atoms with Gasteiger partial charge in [-0.3, -0.25) is 14.3 Å². The van der Waals surface area contributed by atoms with Gasteiger partial charge in [-0.2, -0.15) is 74.6 Å². The maximum Gasteiger partial charge on any atom is 0.462 e. The zero-order valence-corrected chi connectivity index (χ0v) is 17.4. The average Bonchev–Trinajstić information content (AvgIpc) is 2.70. The predicted octanol–water partition coefficient (Wildman–Crippen LogP) is 6.51. The molecule has 0 fully saturated rings. The number of rotatable bonds is 9. The Morgan fingerprint density at radius 2 is 1.08 bits per heavy atom. The Balaban J connectivity index is 3.59. The monoisotopic (exact) mass is 601 g/mol. The van der Waals surface area contributed by atoms with Crippen LogP contribution in [0.2, 0.25) is 0 Å². The summed E-state index contributed by atoms with van der Waals surface area (Å²) in [6.07, 6.45) is -38.6. The smallest absolute Gasteiger partial charge is 0.462 e. The number of carbonyl (C=O) groups excluding carboxylic acids is 1. The molecule has 2 unspecified atom stereocenters. The summed E-state index contributed by atoms with van der Waals surface area (Å²) in [7, 11) is 1.04. The fourth-order valence-electron chi connectivity index (χ4n) is 2.05. The molecule has 0 saturated heterocycles. The Bertz CT molecular complexity index is 988. The van der Waals surface area contributed by atoms with Crippen molar-refractivity contribution >= 4 is 11.6 Å². The molecule has 0 saturated carbocycles. The van der Waals surface area contributed by atoms with E-state index >= 15 is 0 Å². The Hall–Kier alpha value is -2.78. The Kier molecular flexibility index (Phi) is 8.54. The first-order valence-corrected chi connectivity index (χ1v) is 8.67. The van der Waals surface area contributed by atoms with E-state index in [1.165, 1.54) is 4.74 Å². The summed E-state index contributed by atoms with van der Waals surface area (Å²) in [5.41, 5.74) is -0.955. The molecule has 1 amide bonds. The van der Waals surface area contributed by atoms with Gasteiger partial charge in [-0.05, 0) is 24.3 Å². The molecule has 5 nitrogen and oxygen atoms in total. The van der Waals surface area contributed by atoms with Crippen molar-refractivity contribution in [2.75, 3.05) is 12.4 Å². The van der Waals surface area contributed by atoms with E-state index in [9.17, 15) is 79.4 Å². The normalized spacial score (nSPS) is 17.4. The lowest BCUT2D eigenvalue weighted by Crippen LogP contribution is -2.68. The van der Waals surface area contributed by atoms with Crippen LogP contribution in [0.4, 0.5) is 80.3 Å². The molecule has 22 heteroatoms. The number of hydrogen-bond donors (Lipinski definition) is 1. The molecule has 1 N–H and O–H groups in total. The first kappa shape index (κ1) is 33.2. The number of nitrogens with one attached hydrogen (secondary N) is 1. The molecule has 0 aromatic heterocycles. The van der Waals surface area contributed by atoms with Crippen molar-refractivity contribution in [2.24, 2.45) is 0 Å². The highest BCUT2D eigenvalue weighted by Crippen LogP contribution is 2.56. The third-order valence-corrected chi connectivity index (χ3v) is 4.00. The Labute approximate surface area is 197 Å². The number of benzene rings is 1. The van der Waals surface area contributed by atoms with Crippen LogP contribution >= 0.6 is 0 Å². The quantitative estimate of drug-likeness (QED) is 0.329. The third-order valence-electron chi connectivity index (χ3n) is 4.00. The zero-order chi connectivity index (χ0) is 30.4. The predicted molar refractivity (Wildman–Crippen MR) is 84.5 cm³/mol. The molecule has 0 aliphatic carbocycles. The van der Waals surface area contributed by atoms with Gasteiger partial charge in [0, 0.05) is 5.69 Å². The van der Waals surface area contributed by atoms with Crippen molar-refractivity contribution in [3.63, 3.8) is 0 Å². The minimum Gasteiger partial charge on any atom is -0.497 e. The lowest BCUT2D eigenvalue weighted by molar-refractivity contribution is -0.548. The van der Waals surface area contributed by atoms with Gasteiger partial charge in [0.25, 0.3) is 5.91 Å². The number of hydrogen-bond acceptors (Lipinski definition) is 4. The summed E-state index contributed by atoms with van der Waals surface area (Å²) < 4.78 is 231. The standard InChI is InChI=1S/C16H8F17NO4/c1-36-7-4-2-6(3-5-7)34-8(35)9(17,12(21,22)23)37-16(32,33)11(20,14(27,28)29)38-15(30,31)10(18,19)13(24,25)26/h2-5H,1H3,(H,34,35). The van der Waals surface area contributed by atoms with Gasteiger partial charge in [-0.25, -0.2) is 0 Å². The lowest BCUT2D eigenvalue weighted by atomic mass is 10.2. The van der Waals surface area contributed by atoms with Crippen LogP contribution in [-0.4, -0.2) is 61.4 Å². The number of methoxy groups -OCH3 is 1. The van der Waals surface area contributed by atoms with E-state index in [4.69, 9.17) is 0 Å². The fourth-order valence-corrected chi connectivity index (χ4v) is 2.05. The van der Waals surface area contributed by atoms with Gasteiger partial charge in [-0.1, -0.05) is 0 Å². The van der Waals surface area contributed by atoms with Crippen LogP contribution in [0.5, 0.6) is 5.75 Å². The number of amides is 1. The highest BCUT2D eigenvalue weighted by atomic mass is 19.4. The van der Waals surface area contributed by atoms with E-state index in [1.54, 1.807) is 0 Å². The lowest BCUT2D eigenvalue weighted by Gasteiger charge is -2.40. The molecule has 0 aliphatic heterocycles. The third kappa shape index (κ3) is 5.94. The second-order valence-corrected chi connectivity index (χ2v) is 6.68. The molecule has 0 aliphatic rings. The van der Waals surface area contributed by atoms with Crippen molar-refractivity contribution in [2.45, 2.75) is 48.4 Å². The summed E-state index contributed by atoms with van der Waals surface area (Å²) in [5.74, 6) is -26.4. The highest BCUT2D eigenvalue weighted by molar-refractivity contribution is 5.96. The number of alkyl halides is 17. The molecule has 0 spiro atoms. The van der Waals surface area contributed by atoms with E-state index in [0.717, 1.165) is 24.6 Å². The van der Waals surface area contributed by atoms with Crippen LogP contribution in [-0.2, 0) is 14.3 Å². The summed E-state index contributed by atoms with van der Waals surface area (Å²) in [6, 6.07) is 2.80. The van der Waals surface area contributed by atoms with E-state index < -0.39 is 60.0 Å². The van der Waals surface area contributed by atoms with Crippen LogP contribution in [0, 0.1) is 0 Å². The SMILES string of the molecule is COc1ccc(NC(=O)C(F)(OC(F)(F)C(F)(OC(F)(F)C(F)(F)C(F)(F)F)C(F)(F)F)C(F)(F)F)cc1. The first-order chi connectivity index (χ1) is 16.6. The van der Waals surface area contributed by atoms with Gasteiger partial charge >= 0.3 is 48.4 Å². The van der Waals surface area contributed by atoms with Gasteiger partial charge in [-0.15, -0.1) is 0 Å². The van der Waals surface area contributed by atoms with E-state index in [-0.39, 0.29) is 5.75 Å². The van der Waals surface area contributed by atoms with E-state index in [2.05, 4.69) is 4.74 Å². The summed E-state index contributed by atoms with van der Waals surface area (Å²) >= 11 is 0. The van der Waals surface area contributed by atoms with Gasteiger partial charge in [0.1, 0.15) is 5.75 Å². The van der Waals surface area contributed by atoms with Crippen LogP contribution in [0.1, 0.15) is 0 Å². The molecule has 220 valence electrons. The Morgan fingerprint density at radius 3 is 1.42 bits per heavy atom. The molecule has 0 bridgehead atoms. The van der Waals surface area contributed by atoms with Crippen molar-refractivity contribution in [1.82, 2.24) is 0 Å². The molecule has 1 aromatic carbocycles. The van der Waals surface area contributed by atoms with Gasteiger partial charge < -0.3 is 10.1 Å². The number of anilines is 1. The van der Waals surface area contributed by atoms with E-state index in [1.807, 2.05) is 4.74 Å². The number of halogens is 17. The number of ether oxygens (including phenoxy) is 3. The van der Waals surface area contributed by atoms with Crippen molar-refractivity contribution in [3.8, 4) is 5.75 Å². The van der Waals surface area contributed by atoms with Crippen LogP contribution in [0.25, 0.3) is 0 Å². The maximum absolute atomic E-state index is 14.4. The number of carbonyl (C=O) groups is 1. The van der Waals surface area contributed by atoms with Crippen molar-refractivity contribution < 1.29 is 93.6 Å². The van der Waals surface area contributed by atoms with Gasteiger partial charge in [0.2, 0.25) is 0 Å². The minimum absolute atomic E-state index is 0.0887. The summed E-state index contributed by atoms with van der Waals surface area (Å²) in [4.78, 5) is 11.7. The van der Waals surface area contributed by atoms with Crippen LogP contribution < -0.4 is 10.1 Å². The topological polar surface area (TPSA) is 56.8 Å². The highest BCUT2D eigenvalue weighted by Gasteiger charge is 2.85. The van der Waals surface area contributed by atoms with Crippen molar-refractivity contribution in [1.29, 1.82) is 0 Å². The summed E-state index contributed by atoms with van der Waals surface area (Å²) in [5, 5.41) is 0.836. The van der Waals surface area contributed by atoms with Crippen LogP contribution in [0.3, 0.4) is 0 Å². The molecule has 0 heterocycles. The molecule has 38 heavy (non-hydrogen) atoms. The van der Waals surface area contributed by atoms with Crippen LogP contribution in [0.15, 0.2) is 24.3 Å². The zero-order valence-electron chi connectivity index (χ0n) is 17.4. The molecular formula is C16H8F17NO4. The van der Waals surface area contributed by atoms with Crippen molar-refractivity contribution in [3.05, 3.63) is 24.3 Å². The minimum atomic E-state index is -8.07. The molecule has 1 aromatic rings. The second kappa shape index (κ2) is 9.75. The molecule has 0 radical (unpaired) electrons. The van der Waals surface area contributed by atoms with Gasteiger partial charge in [0.15, 0.2) is 0 Å². The maximum atomic E-state index is 14.4. The largest absolute Gasteiger partial charge is 0.497 e.